The van der Waals surface area contributed by atoms with Gasteiger partial charge < -0.3 is 0 Å². The average molecular weight is 343 g/mol. The van der Waals surface area contributed by atoms with Gasteiger partial charge >= 0.3 is 0 Å². The molecule has 3 aromatic rings. The third kappa shape index (κ3) is 3.78. The minimum Gasteiger partial charge on any atom is -0.298 e. The van der Waals surface area contributed by atoms with E-state index in [9.17, 15) is 4.79 Å². The smallest absolute Gasteiger partial charge is 0.257 e. The highest BCUT2D eigenvalue weighted by Crippen LogP contribution is 2.27. The van der Waals surface area contributed by atoms with Gasteiger partial charge in [-0.05, 0) is 36.2 Å². The number of aryl methyl sites for hydroxylation is 1. The van der Waals surface area contributed by atoms with Gasteiger partial charge in [0.25, 0.3) is 5.91 Å². The minimum atomic E-state index is -0.152. The van der Waals surface area contributed by atoms with Gasteiger partial charge in [0.05, 0.1) is 0 Å². The summed E-state index contributed by atoms with van der Waals surface area (Å²) in [5, 5.41) is 4.18. The van der Waals surface area contributed by atoms with Crippen LogP contribution in [0.3, 0.4) is 0 Å². The molecule has 3 nitrogen and oxygen atoms in total. The molecular formula is C18H15ClN2OS. The molecule has 0 atom stereocenters. The Bertz CT molecular complexity index is 810. The molecule has 0 aliphatic rings. The van der Waals surface area contributed by atoms with Gasteiger partial charge in [-0.15, -0.1) is 11.3 Å². The maximum atomic E-state index is 12.1. The summed E-state index contributed by atoms with van der Waals surface area (Å²) in [4.78, 5) is 17.5. The number of anilines is 1. The maximum absolute atomic E-state index is 12.1. The lowest BCUT2D eigenvalue weighted by Crippen LogP contribution is -2.11. The van der Waals surface area contributed by atoms with Gasteiger partial charge in [0, 0.05) is 28.1 Å². The number of hydrogen-bond donors (Lipinski definition) is 1. The maximum Gasteiger partial charge on any atom is 0.257 e. The third-order valence-electron chi connectivity index (χ3n) is 3.51. The van der Waals surface area contributed by atoms with Crippen molar-refractivity contribution in [2.45, 2.75) is 13.3 Å². The van der Waals surface area contributed by atoms with Crippen LogP contribution in [0.2, 0.25) is 5.02 Å². The number of nitrogens with zero attached hydrogens (tertiary/aromatic N) is 1. The van der Waals surface area contributed by atoms with Crippen LogP contribution in [0.15, 0.2) is 54.7 Å². The van der Waals surface area contributed by atoms with Gasteiger partial charge in [-0.2, -0.15) is 0 Å². The molecule has 0 bridgehead atoms. The zero-order valence-corrected chi connectivity index (χ0v) is 14.1. The molecule has 116 valence electrons. The van der Waals surface area contributed by atoms with Crippen LogP contribution in [0.4, 0.5) is 5.13 Å². The second-order valence-corrected chi connectivity index (χ2v) is 6.69. The summed E-state index contributed by atoms with van der Waals surface area (Å²) < 4.78 is 0. The number of carbonyl (C=O) groups is 1. The van der Waals surface area contributed by atoms with Gasteiger partial charge in [-0.3, -0.25) is 10.1 Å². The average Bonchev–Trinajstić information content (AvgIpc) is 2.99. The number of hydrogen-bond acceptors (Lipinski definition) is 3. The second-order valence-electron chi connectivity index (χ2n) is 5.16. The zero-order valence-electron chi connectivity index (χ0n) is 12.5. The molecule has 2 aromatic carbocycles. The van der Waals surface area contributed by atoms with E-state index in [0.717, 1.165) is 21.0 Å². The predicted molar refractivity (Wildman–Crippen MR) is 95.5 cm³/mol. The first-order valence-corrected chi connectivity index (χ1v) is 8.38. The van der Waals surface area contributed by atoms with Crippen molar-refractivity contribution in [2.24, 2.45) is 0 Å². The lowest BCUT2D eigenvalue weighted by atomic mass is 10.1. The second kappa shape index (κ2) is 6.94. The predicted octanol–water partition coefficient (Wildman–Crippen LogP) is 4.95. The number of amides is 1. The number of thiazole rings is 1. The molecule has 0 unspecified atom stereocenters. The Kier molecular flexibility index (Phi) is 4.74. The number of nitrogens with one attached hydrogen (secondary N) is 1. The quantitative estimate of drug-likeness (QED) is 0.729. The van der Waals surface area contributed by atoms with Crippen LogP contribution in [0.25, 0.3) is 0 Å². The summed E-state index contributed by atoms with van der Waals surface area (Å²) in [6, 6.07) is 15.0. The normalized spacial score (nSPS) is 10.5. The first-order chi connectivity index (χ1) is 11.1. The van der Waals surface area contributed by atoms with Crippen LogP contribution in [0.5, 0.6) is 0 Å². The van der Waals surface area contributed by atoms with Crippen molar-refractivity contribution in [3.8, 4) is 0 Å². The van der Waals surface area contributed by atoms with Crippen molar-refractivity contribution in [3.63, 3.8) is 0 Å². The van der Waals surface area contributed by atoms with E-state index in [-0.39, 0.29) is 5.91 Å². The van der Waals surface area contributed by atoms with Gasteiger partial charge in [-0.25, -0.2) is 4.98 Å². The topological polar surface area (TPSA) is 42.0 Å². The Balaban J connectivity index is 1.72. The largest absolute Gasteiger partial charge is 0.298 e. The van der Waals surface area contributed by atoms with Crippen molar-refractivity contribution >= 4 is 34.0 Å². The van der Waals surface area contributed by atoms with E-state index < -0.39 is 0 Å². The van der Waals surface area contributed by atoms with Crippen molar-refractivity contribution in [2.75, 3.05) is 5.32 Å². The van der Waals surface area contributed by atoms with Gasteiger partial charge in [-0.1, -0.05) is 41.9 Å². The summed E-state index contributed by atoms with van der Waals surface area (Å²) in [6.45, 7) is 2.04. The first kappa shape index (κ1) is 15.7. The fourth-order valence-electron chi connectivity index (χ4n) is 2.27. The monoisotopic (exact) mass is 342 g/mol. The molecule has 1 N–H and O–H groups in total. The number of carbonyl (C=O) groups excluding carboxylic acids is 1. The van der Waals surface area contributed by atoms with Gasteiger partial charge in [0.15, 0.2) is 5.13 Å². The summed E-state index contributed by atoms with van der Waals surface area (Å²) in [5.41, 5.74) is 2.87. The molecule has 3 rings (SSSR count). The van der Waals surface area contributed by atoms with Gasteiger partial charge in [0.1, 0.15) is 0 Å². The first-order valence-electron chi connectivity index (χ1n) is 7.18. The van der Waals surface area contributed by atoms with Crippen molar-refractivity contribution in [1.29, 1.82) is 0 Å². The third-order valence-corrected chi connectivity index (χ3v) is 4.78. The Morgan fingerprint density at radius 3 is 2.70 bits per heavy atom. The number of aromatic nitrogens is 1. The molecule has 1 heterocycles. The van der Waals surface area contributed by atoms with E-state index >= 15 is 0 Å². The summed E-state index contributed by atoms with van der Waals surface area (Å²) in [6.07, 6.45) is 2.50. The fourth-order valence-corrected chi connectivity index (χ4v) is 3.38. The van der Waals surface area contributed by atoms with Crippen LogP contribution < -0.4 is 5.32 Å². The van der Waals surface area contributed by atoms with Gasteiger partial charge in [0.2, 0.25) is 0 Å². The van der Waals surface area contributed by atoms with Crippen molar-refractivity contribution < 1.29 is 4.79 Å². The zero-order chi connectivity index (χ0) is 16.2. The van der Waals surface area contributed by atoms with E-state index in [2.05, 4.69) is 10.3 Å². The van der Waals surface area contributed by atoms with Crippen LogP contribution in [0, 0.1) is 6.92 Å². The van der Waals surface area contributed by atoms with E-state index in [1.54, 1.807) is 18.3 Å². The molecule has 0 saturated heterocycles. The number of benzene rings is 2. The fraction of sp³-hybridized carbons (Fsp3) is 0.111. The van der Waals surface area contributed by atoms with Crippen LogP contribution in [-0.2, 0) is 6.42 Å². The highest BCUT2D eigenvalue weighted by atomic mass is 35.5. The van der Waals surface area contributed by atoms with Crippen molar-refractivity contribution in [3.05, 3.63) is 81.3 Å². The van der Waals surface area contributed by atoms with Crippen LogP contribution >= 0.6 is 22.9 Å². The number of halogens is 1. The Morgan fingerprint density at radius 1 is 1.17 bits per heavy atom. The number of rotatable bonds is 4. The van der Waals surface area contributed by atoms with E-state index in [4.69, 9.17) is 11.6 Å². The Morgan fingerprint density at radius 2 is 1.96 bits per heavy atom. The Hall–Kier alpha value is -2.17. The summed E-state index contributed by atoms with van der Waals surface area (Å²) >= 11 is 7.73. The molecule has 1 amide bonds. The molecule has 0 fully saturated rings. The minimum absolute atomic E-state index is 0.152. The highest BCUT2D eigenvalue weighted by Gasteiger charge is 2.11. The molecule has 5 heteroatoms. The van der Waals surface area contributed by atoms with E-state index in [1.165, 1.54) is 11.3 Å². The lowest BCUT2D eigenvalue weighted by molar-refractivity contribution is 0.102. The molecule has 0 aliphatic carbocycles. The molecule has 23 heavy (non-hydrogen) atoms. The molecule has 0 radical (unpaired) electrons. The van der Waals surface area contributed by atoms with Crippen molar-refractivity contribution in [1.82, 2.24) is 4.98 Å². The lowest BCUT2D eigenvalue weighted by Gasteiger charge is -2.06. The van der Waals surface area contributed by atoms with Crippen LogP contribution in [0.1, 0.15) is 26.4 Å². The molecular weight excluding hydrogens is 328 g/mol. The Labute approximate surface area is 144 Å². The summed E-state index contributed by atoms with van der Waals surface area (Å²) in [5.74, 6) is -0.152. The SMILES string of the molecule is Cc1cccc(Cl)c1Cc1cnc(NC(=O)c2ccccc2)s1. The molecule has 0 spiro atoms. The van der Waals surface area contributed by atoms with E-state index in [0.29, 0.717) is 17.1 Å². The van der Waals surface area contributed by atoms with Crippen LogP contribution in [-0.4, -0.2) is 10.9 Å². The highest BCUT2D eigenvalue weighted by molar-refractivity contribution is 7.15. The molecule has 0 aliphatic heterocycles. The molecule has 1 aromatic heterocycles. The summed E-state index contributed by atoms with van der Waals surface area (Å²) in [7, 11) is 0. The molecule has 0 saturated carbocycles. The van der Waals surface area contributed by atoms with E-state index in [1.807, 2.05) is 43.3 Å². The standard InChI is InChI=1S/C18H15ClN2OS/c1-12-6-5-9-16(19)15(12)10-14-11-20-18(23-14)21-17(22)13-7-3-2-4-8-13/h2-9,11H,10H2,1H3,(H,20,21,22).